The van der Waals surface area contributed by atoms with Crippen molar-refractivity contribution >= 4 is 23.2 Å². The SMILES string of the molecule is CCC1(C)C(=C/Cl)/C(=C(/C)C(C)C)C1Cl. The first-order valence-electron chi connectivity index (χ1n) is 5.56. The van der Waals surface area contributed by atoms with Gasteiger partial charge in [-0.3, -0.25) is 0 Å². The monoisotopic (exact) mass is 246 g/mol. The standard InChI is InChI=1S/C13H20Cl2/c1-6-13(5)10(7-14)11(12(13)15)9(4)8(2)3/h7-8,12H,6H2,1-5H3/b10-7+,11-9+. The minimum Gasteiger partial charge on any atom is -0.117 e. The van der Waals surface area contributed by atoms with Gasteiger partial charge in [-0.25, -0.2) is 0 Å². The molecule has 0 bridgehead atoms. The molecule has 0 radical (unpaired) electrons. The van der Waals surface area contributed by atoms with Crippen molar-refractivity contribution in [3.05, 3.63) is 22.3 Å². The Labute approximate surface area is 103 Å². The van der Waals surface area contributed by atoms with Gasteiger partial charge in [-0.15, -0.1) is 11.6 Å². The Balaban J connectivity index is 3.14. The summed E-state index contributed by atoms with van der Waals surface area (Å²) in [6, 6.07) is 0. The van der Waals surface area contributed by atoms with Crippen molar-refractivity contribution in [2.75, 3.05) is 0 Å². The fraction of sp³-hybridized carbons (Fsp3) is 0.692. The van der Waals surface area contributed by atoms with Crippen LogP contribution in [-0.4, -0.2) is 5.38 Å². The second-order valence-corrected chi connectivity index (χ2v) is 5.56. The number of hydrogen-bond donors (Lipinski definition) is 0. The molecule has 0 amide bonds. The van der Waals surface area contributed by atoms with E-state index in [9.17, 15) is 0 Å². The topological polar surface area (TPSA) is 0 Å². The summed E-state index contributed by atoms with van der Waals surface area (Å²) in [6.45, 7) is 10.9. The summed E-state index contributed by atoms with van der Waals surface area (Å²) in [6.07, 6.45) is 1.04. The van der Waals surface area contributed by atoms with Crippen LogP contribution in [0.3, 0.4) is 0 Å². The molecule has 0 nitrogen and oxygen atoms in total. The van der Waals surface area contributed by atoms with Crippen LogP contribution in [0, 0.1) is 11.3 Å². The van der Waals surface area contributed by atoms with Crippen molar-refractivity contribution in [2.45, 2.75) is 46.4 Å². The summed E-state index contributed by atoms with van der Waals surface area (Å²) in [5.74, 6) is 0.536. The van der Waals surface area contributed by atoms with E-state index in [0.29, 0.717) is 5.92 Å². The number of halogens is 2. The lowest BCUT2D eigenvalue weighted by molar-refractivity contribution is 0.327. The predicted molar refractivity (Wildman–Crippen MR) is 69.5 cm³/mol. The van der Waals surface area contributed by atoms with Gasteiger partial charge in [0.15, 0.2) is 0 Å². The van der Waals surface area contributed by atoms with Crippen molar-refractivity contribution in [1.29, 1.82) is 0 Å². The second kappa shape index (κ2) is 4.51. The van der Waals surface area contributed by atoms with Crippen LogP contribution in [0.4, 0.5) is 0 Å². The highest BCUT2D eigenvalue weighted by Crippen LogP contribution is 2.57. The van der Waals surface area contributed by atoms with E-state index >= 15 is 0 Å². The van der Waals surface area contributed by atoms with Gasteiger partial charge in [-0.05, 0) is 30.4 Å². The molecule has 1 rings (SSSR count). The van der Waals surface area contributed by atoms with Crippen molar-refractivity contribution in [3.63, 3.8) is 0 Å². The molecule has 0 aromatic rings. The average Bonchev–Trinajstić information content (AvgIpc) is 2.22. The Morgan fingerprint density at radius 2 is 2.07 bits per heavy atom. The quantitative estimate of drug-likeness (QED) is 0.594. The minimum absolute atomic E-state index is 0.0643. The molecule has 86 valence electrons. The molecule has 0 heterocycles. The molecule has 2 heteroatoms. The predicted octanol–water partition coefficient (Wildman–Crippen LogP) is 5.12. The second-order valence-electron chi connectivity index (χ2n) is 4.91. The lowest BCUT2D eigenvalue weighted by atomic mass is 9.59. The van der Waals surface area contributed by atoms with E-state index in [1.54, 1.807) is 5.54 Å². The smallest absolute Gasteiger partial charge is 0.0682 e. The zero-order chi connectivity index (χ0) is 11.8. The summed E-state index contributed by atoms with van der Waals surface area (Å²) in [7, 11) is 0. The van der Waals surface area contributed by atoms with Gasteiger partial charge >= 0.3 is 0 Å². The molecule has 0 aromatic carbocycles. The van der Waals surface area contributed by atoms with Gasteiger partial charge in [0.25, 0.3) is 0 Å². The normalized spacial score (nSPS) is 37.1. The lowest BCUT2D eigenvalue weighted by Gasteiger charge is -2.49. The molecule has 2 unspecified atom stereocenters. The molecule has 15 heavy (non-hydrogen) atoms. The van der Waals surface area contributed by atoms with Gasteiger partial charge < -0.3 is 0 Å². The van der Waals surface area contributed by atoms with Crippen LogP contribution in [0.5, 0.6) is 0 Å². The van der Waals surface area contributed by atoms with Crippen LogP contribution in [0.15, 0.2) is 22.3 Å². The Morgan fingerprint density at radius 1 is 1.53 bits per heavy atom. The largest absolute Gasteiger partial charge is 0.117 e. The molecule has 0 spiro atoms. The van der Waals surface area contributed by atoms with E-state index in [1.807, 2.05) is 0 Å². The third-order valence-electron chi connectivity index (χ3n) is 3.85. The van der Waals surface area contributed by atoms with Gasteiger partial charge in [0.05, 0.1) is 5.38 Å². The summed E-state index contributed by atoms with van der Waals surface area (Å²) in [4.78, 5) is 0. The Morgan fingerprint density at radius 3 is 2.40 bits per heavy atom. The van der Waals surface area contributed by atoms with Gasteiger partial charge in [0, 0.05) is 11.0 Å². The van der Waals surface area contributed by atoms with Crippen LogP contribution in [0.25, 0.3) is 0 Å². The molecule has 0 N–H and O–H groups in total. The lowest BCUT2D eigenvalue weighted by Crippen LogP contribution is -2.44. The molecular formula is C13H20Cl2. The minimum atomic E-state index is 0.0643. The Hall–Kier alpha value is 0.0600. The molecule has 0 aliphatic heterocycles. The average molecular weight is 247 g/mol. The summed E-state index contributed by atoms with van der Waals surface area (Å²) >= 11 is 12.4. The molecule has 0 aromatic heterocycles. The maximum Gasteiger partial charge on any atom is 0.0682 e. The van der Waals surface area contributed by atoms with Gasteiger partial charge in [0.2, 0.25) is 0 Å². The summed E-state index contributed by atoms with van der Waals surface area (Å²) < 4.78 is 0. The molecular weight excluding hydrogens is 227 g/mol. The molecule has 0 saturated heterocycles. The van der Waals surface area contributed by atoms with Crippen molar-refractivity contribution < 1.29 is 0 Å². The van der Waals surface area contributed by atoms with Gasteiger partial charge in [-0.1, -0.05) is 44.9 Å². The molecule has 1 fully saturated rings. The maximum atomic E-state index is 6.48. The van der Waals surface area contributed by atoms with Gasteiger partial charge in [0.1, 0.15) is 0 Å². The maximum absolute atomic E-state index is 6.48. The molecule has 1 aliphatic rings. The fourth-order valence-electron chi connectivity index (χ4n) is 2.10. The van der Waals surface area contributed by atoms with Crippen molar-refractivity contribution in [3.8, 4) is 0 Å². The Bertz CT molecular complexity index is 312. The zero-order valence-electron chi connectivity index (χ0n) is 10.2. The highest BCUT2D eigenvalue weighted by Gasteiger charge is 2.49. The van der Waals surface area contributed by atoms with Crippen LogP contribution in [-0.2, 0) is 0 Å². The fourth-order valence-corrected chi connectivity index (χ4v) is 3.03. The van der Waals surface area contributed by atoms with E-state index in [4.69, 9.17) is 23.2 Å². The third-order valence-corrected chi connectivity index (χ3v) is 4.77. The van der Waals surface area contributed by atoms with Crippen LogP contribution in [0.1, 0.15) is 41.0 Å². The molecule has 1 saturated carbocycles. The first kappa shape index (κ1) is 13.1. The summed E-state index contributed by atoms with van der Waals surface area (Å²) in [5.41, 5.74) is 5.65. The molecule has 2 atom stereocenters. The number of alkyl halides is 1. The van der Waals surface area contributed by atoms with Crippen molar-refractivity contribution in [1.82, 2.24) is 0 Å². The van der Waals surface area contributed by atoms with E-state index in [-0.39, 0.29) is 10.8 Å². The van der Waals surface area contributed by atoms with Crippen LogP contribution < -0.4 is 0 Å². The van der Waals surface area contributed by atoms with Crippen LogP contribution in [0.2, 0.25) is 0 Å². The summed E-state index contributed by atoms with van der Waals surface area (Å²) in [5, 5.41) is 0.120. The van der Waals surface area contributed by atoms with E-state index in [2.05, 4.69) is 34.6 Å². The number of hydrogen-bond acceptors (Lipinski definition) is 0. The van der Waals surface area contributed by atoms with Crippen LogP contribution >= 0.6 is 23.2 Å². The third kappa shape index (κ3) is 1.87. The van der Waals surface area contributed by atoms with Crippen molar-refractivity contribution in [2.24, 2.45) is 11.3 Å². The highest BCUT2D eigenvalue weighted by atomic mass is 35.5. The van der Waals surface area contributed by atoms with E-state index in [1.165, 1.54) is 16.7 Å². The molecule has 1 aliphatic carbocycles. The number of allylic oxidation sites excluding steroid dienone is 3. The first-order valence-corrected chi connectivity index (χ1v) is 6.43. The van der Waals surface area contributed by atoms with E-state index in [0.717, 1.165) is 6.42 Å². The highest BCUT2D eigenvalue weighted by molar-refractivity contribution is 6.29. The Kier molecular flexibility index (Phi) is 3.95. The van der Waals surface area contributed by atoms with Gasteiger partial charge in [-0.2, -0.15) is 0 Å². The number of rotatable bonds is 2. The first-order chi connectivity index (χ1) is 6.90. The van der Waals surface area contributed by atoms with E-state index < -0.39 is 0 Å². The zero-order valence-corrected chi connectivity index (χ0v) is 11.7.